The van der Waals surface area contributed by atoms with Gasteiger partial charge in [-0.1, -0.05) is 25.1 Å². The van der Waals surface area contributed by atoms with Crippen molar-refractivity contribution in [1.82, 2.24) is 9.78 Å². The van der Waals surface area contributed by atoms with Gasteiger partial charge >= 0.3 is 0 Å². The molecule has 0 aliphatic heterocycles. The lowest BCUT2D eigenvalue weighted by Crippen LogP contribution is -2.01. The standard InChI is InChI=1S/C15H15N3O/c1-2-14-12(8-9-19-14)13-10-15(16)18(17-13)11-6-4-3-5-7-11/h3-10H,2,16H2,1H3. The van der Waals surface area contributed by atoms with E-state index in [9.17, 15) is 0 Å². The van der Waals surface area contributed by atoms with Crippen LogP contribution in [0, 0.1) is 0 Å². The Bertz CT molecular complexity index is 682. The highest BCUT2D eigenvalue weighted by Crippen LogP contribution is 2.27. The van der Waals surface area contributed by atoms with Crippen LogP contribution < -0.4 is 5.73 Å². The van der Waals surface area contributed by atoms with Crippen molar-refractivity contribution in [2.75, 3.05) is 5.73 Å². The highest BCUT2D eigenvalue weighted by molar-refractivity contribution is 5.65. The van der Waals surface area contributed by atoms with E-state index in [1.165, 1.54) is 0 Å². The Labute approximate surface area is 111 Å². The van der Waals surface area contributed by atoms with Crippen molar-refractivity contribution < 1.29 is 4.42 Å². The van der Waals surface area contributed by atoms with Crippen molar-refractivity contribution in [3.8, 4) is 16.9 Å². The fourth-order valence-electron chi connectivity index (χ4n) is 2.15. The normalized spacial score (nSPS) is 10.8. The summed E-state index contributed by atoms with van der Waals surface area (Å²) in [5.41, 5.74) is 8.84. The third-order valence-electron chi connectivity index (χ3n) is 3.08. The van der Waals surface area contributed by atoms with Crippen molar-refractivity contribution in [3.63, 3.8) is 0 Å². The van der Waals surface area contributed by atoms with Crippen LogP contribution in [0.2, 0.25) is 0 Å². The largest absolute Gasteiger partial charge is 0.469 e. The van der Waals surface area contributed by atoms with Gasteiger partial charge in [0.25, 0.3) is 0 Å². The van der Waals surface area contributed by atoms with Gasteiger partial charge in [-0.05, 0) is 18.2 Å². The number of aromatic nitrogens is 2. The van der Waals surface area contributed by atoms with Gasteiger partial charge in [-0.3, -0.25) is 0 Å². The number of furan rings is 1. The third-order valence-corrected chi connectivity index (χ3v) is 3.08. The average Bonchev–Trinajstić information content (AvgIpc) is 3.05. The summed E-state index contributed by atoms with van der Waals surface area (Å²) in [4.78, 5) is 0. The van der Waals surface area contributed by atoms with E-state index >= 15 is 0 Å². The summed E-state index contributed by atoms with van der Waals surface area (Å²) in [5, 5.41) is 4.56. The molecule has 3 rings (SSSR count). The number of anilines is 1. The molecule has 19 heavy (non-hydrogen) atoms. The summed E-state index contributed by atoms with van der Waals surface area (Å²) in [6.45, 7) is 2.06. The van der Waals surface area contributed by atoms with E-state index in [0.29, 0.717) is 5.82 Å². The molecule has 2 heterocycles. The first-order valence-electron chi connectivity index (χ1n) is 6.27. The minimum atomic E-state index is 0.615. The van der Waals surface area contributed by atoms with Crippen molar-refractivity contribution >= 4 is 5.82 Å². The van der Waals surface area contributed by atoms with Gasteiger partial charge in [0, 0.05) is 18.1 Å². The molecule has 0 radical (unpaired) electrons. The second kappa shape index (κ2) is 4.65. The molecule has 0 aliphatic rings. The number of nitrogens with two attached hydrogens (primary N) is 1. The summed E-state index contributed by atoms with van der Waals surface area (Å²) in [6, 6.07) is 13.6. The molecule has 96 valence electrons. The van der Waals surface area contributed by atoms with Gasteiger partial charge in [0.15, 0.2) is 0 Å². The van der Waals surface area contributed by atoms with Gasteiger partial charge < -0.3 is 10.2 Å². The van der Waals surface area contributed by atoms with Crippen molar-refractivity contribution in [2.45, 2.75) is 13.3 Å². The van der Waals surface area contributed by atoms with Gasteiger partial charge in [0.2, 0.25) is 0 Å². The van der Waals surface area contributed by atoms with Crippen LogP contribution in [0.1, 0.15) is 12.7 Å². The smallest absolute Gasteiger partial charge is 0.127 e. The van der Waals surface area contributed by atoms with Gasteiger partial charge in [-0.25, -0.2) is 4.68 Å². The lowest BCUT2D eigenvalue weighted by atomic mass is 10.1. The number of para-hydroxylation sites is 1. The molecule has 0 bridgehead atoms. The molecule has 2 aromatic heterocycles. The van der Waals surface area contributed by atoms with Crippen LogP contribution in [0.4, 0.5) is 5.82 Å². The molecule has 1 aromatic carbocycles. The SMILES string of the molecule is CCc1occc1-c1cc(N)n(-c2ccccc2)n1. The Morgan fingerprint density at radius 2 is 2.00 bits per heavy atom. The van der Waals surface area contributed by atoms with Crippen LogP contribution in [-0.2, 0) is 6.42 Å². The highest BCUT2D eigenvalue weighted by Gasteiger charge is 2.13. The first-order chi connectivity index (χ1) is 9.29. The van der Waals surface area contributed by atoms with E-state index in [0.717, 1.165) is 29.1 Å². The van der Waals surface area contributed by atoms with Crippen LogP contribution in [0.15, 0.2) is 53.1 Å². The van der Waals surface area contributed by atoms with Crippen LogP contribution in [0.5, 0.6) is 0 Å². The first-order valence-corrected chi connectivity index (χ1v) is 6.27. The second-order valence-corrected chi connectivity index (χ2v) is 4.31. The molecule has 0 saturated heterocycles. The maximum Gasteiger partial charge on any atom is 0.127 e. The Kier molecular flexibility index (Phi) is 2.83. The van der Waals surface area contributed by atoms with Gasteiger partial charge in [0.1, 0.15) is 11.6 Å². The lowest BCUT2D eigenvalue weighted by Gasteiger charge is -2.02. The van der Waals surface area contributed by atoms with E-state index in [4.69, 9.17) is 10.2 Å². The number of rotatable bonds is 3. The van der Waals surface area contributed by atoms with E-state index in [1.807, 2.05) is 42.5 Å². The summed E-state index contributed by atoms with van der Waals surface area (Å²) in [6.07, 6.45) is 2.52. The Hall–Kier alpha value is -2.49. The predicted octanol–water partition coefficient (Wildman–Crippen LogP) is 3.28. The summed E-state index contributed by atoms with van der Waals surface area (Å²) < 4.78 is 7.17. The van der Waals surface area contributed by atoms with Crippen LogP contribution in [-0.4, -0.2) is 9.78 Å². The van der Waals surface area contributed by atoms with E-state index in [2.05, 4.69) is 12.0 Å². The van der Waals surface area contributed by atoms with E-state index < -0.39 is 0 Å². The van der Waals surface area contributed by atoms with Crippen LogP contribution in [0.3, 0.4) is 0 Å². The Morgan fingerprint density at radius 1 is 1.21 bits per heavy atom. The number of nitrogens with zero attached hydrogens (tertiary/aromatic N) is 2. The fraction of sp³-hybridized carbons (Fsp3) is 0.133. The first kappa shape index (κ1) is 11.6. The van der Waals surface area contributed by atoms with Crippen molar-refractivity contribution in [3.05, 3.63) is 54.5 Å². The molecule has 0 spiro atoms. The number of aryl methyl sites for hydroxylation is 1. The zero-order valence-electron chi connectivity index (χ0n) is 10.7. The minimum Gasteiger partial charge on any atom is -0.469 e. The Balaban J connectivity index is 2.07. The zero-order chi connectivity index (χ0) is 13.2. The minimum absolute atomic E-state index is 0.615. The molecule has 0 fully saturated rings. The predicted molar refractivity (Wildman–Crippen MR) is 75.1 cm³/mol. The molecule has 4 heteroatoms. The molecule has 0 amide bonds. The highest BCUT2D eigenvalue weighted by atomic mass is 16.3. The summed E-state index contributed by atoms with van der Waals surface area (Å²) in [7, 11) is 0. The van der Waals surface area contributed by atoms with Crippen LogP contribution in [0.25, 0.3) is 16.9 Å². The van der Waals surface area contributed by atoms with Gasteiger partial charge in [-0.15, -0.1) is 0 Å². The molecule has 2 N–H and O–H groups in total. The monoisotopic (exact) mass is 253 g/mol. The molecule has 4 nitrogen and oxygen atoms in total. The number of nitrogen functional groups attached to an aromatic ring is 1. The van der Waals surface area contributed by atoms with Crippen molar-refractivity contribution in [1.29, 1.82) is 0 Å². The molecule has 3 aromatic rings. The van der Waals surface area contributed by atoms with E-state index in [1.54, 1.807) is 10.9 Å². The molecule has 0 atom stereocenters. The molecule has 0 aliphatic carbocycles. The topological polar surface area (TPSA) is 57.0 Å². The maximum atomic E-state index is 6.04. The maximum absolute atomic E-state index is 6.04. The molecular formula is C15H15N3O. The Morgan fingerprint density at radius 3 is 2.74 bits per heavy atom. The fourth-order valence-corrected chi connectivity index (χ4v) is 2.15. The average molecular weight is 253 g/mol. The quantitative estimate of drug-likeness (QED) is 0.779. The van der Waals surface area contributed by atoms with Gasteiger partial charge in [0.05, 0.1) is 17.6 Å². The number of hydrogen-bond donors (Lipinski definition) is 1. The van der Waals surface area contributed by atoms with Crippen molar-refractivity contribution in [2.24, 2.45) is 0 Å². The molecule has 0 saturated carbocycles. The molecule has 0 unspecified atom stereocenters. The molecular weight excluding hydrogens is 238 g/mol. The number of benzene rings is 1. The lowest BCUT2D eigenvalue weighted by molar-refractivity contribution is 0.517. The van der Waals surface area contributed by atoms with Gasteiger partial charge in [-0.2, -0.15) is 5.10 Å². The second-order valence-electron chi connectivity index (χ2n) is 4.31. The van der Waals surface area contributed by atoms with Crippen LogP contribution >= 0.6 is 0 Å². The number of hydrogen-bond acceptors (Lipinski definition) is 3. The zero-order valence-corrected chi connectivity index (χ0v) is 10.7. The summed E-state index contributed by atoms with van der Waals surface area (Å²) >= 11 is 0. The third kappa shape index (κ3) is 2.01. The summed E-state index contributed by atoms with van der Waals surface area (Å²) in [5.74, 6) is 1.54. The van der Waals surface area contributed by atoms with E-state index in [-0.39, 0.29) is 0 Å².